The summed E-state index contributed by atoms with van der Waals surface area (Å²) in [6.45, 7) is 8.95. The third-order valence-electron chi connectivity index (χ3n) is 1.71. The van der Waals surface area contributed by atoms with Crippen LogP contribution in [-0.2, 0) is 14.3 Å². The first-order valence-electron chi connectivity index (χ1n) is 5.14. The minimum absolute atomic E-state index is 0.0965. The molecule has 0 aliphatic carbocycles. The second-order valence-electron chi connectivity index (χ2n) is 4.41. The van der Waals surface area contributed by atoms with E-state index < -0.39 is 11.7 Å². The highest BCUT2D eigenvalue weighted by molar-refractivity contribution is 5.72. The standard InChI is InChI=1S/C11H20NO4/c1-6-8(7-9(13)15-5)12-10(14)16-11(2,3)4/h8H,1,6-7H2,2-5H3,(H,12,14)/t8-/m0/s1. The van der Waals surface area contributed by atoms with Crippen LogP contribution in [0.2, 0.25) is 0 Å². The number of methoxy groups -OCH3 is 1. The zero-order valence-electron chi connectivity index (χ0n) is 10.3. The summed E-state index contributed by atoms with van der Waals surface area (Å²) in [5.41, 5.74) is -0.554. The van der Waals surface area contributed by atoms with E-state index >= 15 is 0 Å². The van der Waals surface area contributed by atoms with E-state index in [1.807, 2.05) is 0 Å². The van der Waals surface area contributed by atoms with E-state index in [4.69, 9.17) is 4.74 Å². The summed E-state index contributed by atoms with van der Waals surface area (Å²) in [4.78, 5) is 22.4. The first-order valence-corrected chi connectivity index (χ1v) is 5.14. The SMILES string of the molecule is [CH2]C[C@@H](CC(=O)OC)NC(=O)OC(C)(C)C. The van der Waals surface area contributed by atoms with E-state index in [9.17, 15) is 9.59 Å². The van der Waals surface area contributed by atoms with Crippen LogP contribution in [0.5, 0.6) is 0 Å². The third kappa shape index (κ3) is 7.09. The maximum Gasteiger partial charge on any atom is 0.407 e. The smallest absolute Gasteiger partial charge is 0.407 e. The van der Waals surface area contributed by atoms with Crippen molar-refractivity contribution < 1.29 is 19.1 Å². The zero-order valence-corrected chi connectivity index (χ0v) is 10.3. The molecule has 0 saturated heterocycles. The molecule has 0 heterocycles. The largest absolute Gasteiger partial charge is 0.469 e. The Bertz CT molecular complexity index is 245. The van der Waals surface area contributed by atoms with Crippen LogP contribution in [0.15, 0.2) is 0 Å². The molecule has 0 aromatic heterocycles. The van der Waals surface area contributed by atoms with E-state index in [2.05, 4.69) is 17.0 Å². The second kappa shape index (κ2) is 6.35. The van der Waals surface area contributed by atoms with E-state index in [0.29, 0.717) is 6.42 Å². The molecule has 0 fully saturated rings. The van der Waals surface area contributed by atoms with Gasteiger partial charge in [-0.05, 0) is 27.2 Å². The molecule has 0 saturated carbocycles. The molecule has 0 rings (SSSR count). The van der Waals surface area contributed by atoms with Gasteiger partial charge in [-0.15, -0.1) is 0 Å². The summed E-state index contributed by atoms with van der Waals surface area (Å²) in [6.07, 6.45) is -0.0572. The zero-order chi connectivity index (χ0) is 12.8. The number of alkyl carbamates (subject to hydrolysis) is 1. The monoisotopic (exact) mass is 230 g/mol. The number of ether oxygens (including phenoxy) is 2. The molecule has 0 aliphatic rings. The molecule has 0 aliphatic heterocycles. The molecule has 5 nitrogen and oxygen atoms in total. The highest BCUT2D eigenvalue weighted by Crippen LogP contribution is 2.08. The van der Waals surface area contributed by atoms with E-state index in [0.717, 1.165) is 0 Å². The van der Waals surface area contributed by atoms with Crippen LogP contribution in [0.1, 0.15) is 33.6 Å². The van der Waals surface area contributed by atoms with Crippen molar-refractivity contribution in [2.24, 2.45) is 0 Å². The van der Waals surface area contributed by atoms with Gasteiger partial charge in [-0.3, -0.25) is 4.79 Å². The summed E-state index contributed by atoms with van der Waals surface area (Å²) in [5.74, 6) is -0.385. The third-order valence-corrected chi connectivity index (χ3v) is 1.71. The summed E-state index contributed by atoms with van der Waals surface area (Å²) in [6, 6.07) is -0.359. The van der Waals surface area contributed by atoms with Crippen LogP contribution in [0.25, 0.3) is 0 Å². The maximum atomic E-state index is 11.4. The minimum atomic E-state index is -0.554. The number of carbonyl (C=O) groups is 2. The lowest BCUT2D eigenvalue weighted by molar-refractivity contribution is -0.141. The Labute approximate surface area is 96.5 Å². The van der Waals surface area contributed by atoms with Crippen molar-refractivity contribution in [3.8, 4) is 0 Å². The average molecular weight is 230 g/mol. The van der Waals surface area contributed by atoms with Gasteiger partial charge in [0.1, 0.15) is 5.60 Å². The van der Waals surface area contributed by atoms with Crippen molar-refractivity contribution in [2.75, 3.05) is 7.11 Å². The summed E-state index contributed by atoms with van der Waals surface area (Å²) >= 11 is 0. The first-order chi connectivity index (χ1) is 7.28. The van der Waals surface area contributed by atoms with Gasteiger partial charge in [-0.2, -0.15) is 0 Å². The van der Waals surface area contributed by atoms with Crippen molar-refractivity contribution in [1.29, 1.82) is 0 Å². The number of carbonyl (C=O) groups excluding carboxylic acids is 2. The number of nitrogens with one attached hydrogen (secondary N) is 1. The first kappa shape index (κ1) is 14.7. The average Bonchev–Trinajstić information content (AvgIpc) is 2.13. The van der Waals surface area contributed by atoms with E-state index in [1.54, 1.807) is 20.8 Å². The van der Waals surface area contributed by atoms with Gasteiger partial charge in [-0.1, -0.05) is 6.92 Å². The fourth-order valence-corrected chi connectivity index (χ4v) is 0.984. The highest BCUT2D eigenvalue weighted by atomic mass is 16.6. The Morgan fingerprint density at radius 3 is 2.31 bits per heavy atom. The lowest BCUT2D eigenvalue weighted by Gasteiger charge is -2.22. The van der Waals surface area contributed by atoms with Crippen LogP contribution in [-0.4, -0.2) is 30.8 Å². The minimum Gasteiger partial charge on any atom is -0.469 e. The molecular formula is C11H20NO4. The van der Waals surface area contributed by atoms with Crippen LogP contribution in [0, 0.1) is 6.92 Å². The molecule has 16 heavy (non-hydrogen) atoms. The lowest BCUT2D eigenvalue weighted by atomic mass is 10.1. The van der Waals surface area contributed by atoms with Gasteiger partial charge in [0.25, 0.3) is 0 Å². The number of esters is 1. The van der Waals surface area contributed by atoms with Crippen molar-refractivity contribution >= 4 is 12.1 Å². The fourth-order valence-electron chi connectivity index (χ4n) is 0.984. The van der Waals surface area contributed by atoms with E-state index in [-0.39, 0.29) is 18.4 Å². The number of hydrogen-bond acceptors (Lipinski definition) is 4. The van der Waals surface area contributed by atoms with Gasteiger partial charge in [0.05, 0.1) is 13.5 Å². The molecule has 1 atom stereocenters. The molecular weight excluding hydrogens is 210 g/mol. The van der Waals surface area contributed by atoms with Crippen molar-refractivity contribution in [1.82, 2.24) is 5.32 Å². The van der Waals surface area contributed by atoms with Crippen molar-refractivity contribution in [3.63, 3.8) is 0 Å². The molecule has 1 radical (unpaired) electrons. The number of amides is 1. The topological polar surface area (TPSA) is 64.6 Å². The normalized spacial score (nSPS) is 12.8. The predicted molar refractivity (Wildman–Crippen MR) is 59.8 cm³/mol. The van der Waals surface area contributed by atoms with Gasteiger partial charge < -0.3 is 14.8 Å². The van der Waals surface area contributed by atoms with Gasteiger partial charge in [0.15, 0.2) is 0 Å². The lowest BCUT2D eigenvalue weighted by Crippen LogP contribution is -2.40. The Hall–Kier alpha value is -1.26. The molecule has 0 unspecified atom stereocenters. The van der Waals surface area contributed by atoms with Crippen LogP contribution in [0.3, 0.4) is 0 Å². The Kier molecular flexibility index (Phi) is 5.85. The molecule has 1 N–H and O–H groups in total. The van der Waals surface area contributed by atoms with Gasteiger partial charge in [0, 0.05) is 6.04 Å². The predicted octanol–water partition coefficient (Wildman–Crippen LogP) is 1.67. The molecule has 5 heteroatoms. The Balaban J connectivity index is 4.12. The van der Waals surface area contributed by atoms with Crippen molar-refractivity contribution in [3.05, 3.63) is 6.92 Å². The molecule has 0 aromatic carbocycles. The Morgan fingerprint density at radius 2 is 1.94 bits per heavy atom. The fraction of sp³-hybridized carbons (Fsp3) is 0.727. The van der Waals surface area contributed by atoms with Crippen molar-refractivity contribution in [2.45, 2.75) is 45.3 Å². The van der Waals surface area contributed by atoms with Gasteiger partial charge in [0.2, 0.25) is 0 Å². The highest BCUT2D eigenvalue weighted by Gasteiger charge is 2.20. The van der Waals surface area contributed by atoms with Crippen LogP contribution in [0.4, 0.5) is 4.79 Å². The quantitative estimate of drug-likeness (QED) is 0.746. The van der Waals surface area contributed by atoms with Crippen LogP contribution < -0.4 is 5.32 Å². The van der Waals surface area contributed by atoms with Crippen LogP contribution >= 0.6 is 0 Å². The number of rotatable bonds is 4. The summed E-state index contributed by atoms with van der Waals surface area (Å²) in [5, 5.41) is 2.56. The maximum absolute atomic E-state index is 11.4. The van der Waals surface area contributed by atoms with Gasteiger partial charge in [-0.25, -0.2) is 4.79 Å². The molecule has 0 spiro atoms. The Morgan fingerprint density at radius 1 is 1.38 bits per heavy atom. The molecule has 93 valence electrons. The van der Waals surface area contributed by atoms with Gasteiger partial charge >= 0.3 is 12.1 Å². The second-order valence-corrected chi connectivity index (χ2v) is 4.41. The molecule has 0 aromatic rings. The summed E-state index contributed by atoms with van der Waals surface area (Å²) < 4.78 is 9.56. The molecule has 0 bridgehead atoms. The molecule has 1 amide bonds. The van der Waals surface area contributed by atoms with E-state index in [1.165, 1.54) is 7.11 Å². The summed E-state index contributed by atoms with van der Waals surface area (Å²) in [7, 11) is 1.30. The number of hydrogen-bond donors (Lipinski definition) is 1.